The molecule has 114 valence electrons. The highest BCUT2D eigenvalue weighted by Gasteiger charge is 2.44. The van der Waals surface area contributed by atoms with Crippen molar-refractivity contribution < 1.29 is 14.3 Å². The smallest absolute Gasteiger partial charge is 0.293 e. The van der Waals surface area contributed by atoms with E-state index >= 15 is 0 Å². The van der Waals surface area contributed by atoms with Crippen molar-refractivity contribution in [2.24, 2.45) is 4.99 Å². The van der Waals surface area contributed by atoms with E-state index in [1.165, 1.54) is 0 Å². The lowest BCUT2D eigenvalue weighted by Gasteiger charge is -2.21. The highest BCUT2D eigenvalue weighted by Crippen LogP contribution is 2.27. The highest BCUT2D eigenvalue weighted by atomic mass is 16.5. The van der Waals surface area contributed by atoms with Crippen LogP contribution in [0.1, 0.15) is 45.2 Å². The topological polar surface area (TPSA) is 59.9 Å². The predicted molar refractivity (Wildman–Crippen MR) is 81.4 cm³/mol. The molecule has 0 unspecified atom stereocenters. The molecule has 0 saturated carbocycles. The van der Waals surface area contributed by atoms with Gasteiger partial charge in [-0.25, -0.2) is 4.99 Å². The molecule has 21 heavy (non-hydrogen) atoms. The van der Waals surface area contributed by atoms with Crippen molar-refractivity contribution in [1.29, 1.82) is 0 Å². The average Bonchev–Trinajstić information content (AvgIpc) is 2.83. The quantitative estimate of drug-likeness (QED) is 0.907. The minimum atomic E-state index is -0.765. The Morgan fingerprint density at radius 3 is 2.38 bits per heavy atom. The summed E-state index contributed by atoms with van der Waals surface area (Å²) in [4.78, 5) is 16.5. The van der Waals surface area contributed by atoms with Crippen LogP contribution >= 0.6 is 0 Å². The zero-order valence-corrected chi connectivity index (χ0v) is 13.0. The zero-order chi connectivity index (χ0) is 15.5. The molecule has 1 N–H and O–H groups in total. The molecule has 1 atom stereocenters. The number of aliphatic imine (C=N–C) groups is 1. The summed E-state index contributed by atoms with van der Waals surface area (Å²) in [6.07, 6.45) is 1.26. The van der Waals surface area contributed by atoms with E-state index in [1.54, 1.807) is 7.11 Å². The first-order valence-corrected chi connectivity index (χ1v) is 7.27. The van der Waals surface area contributed by atoms with Gasteiger partial charge in [0.05, 0.1) is 13.2 Å². The van der Waals surface area contributed by atoms with E-state index in [4.69, 9.17) is 9.47 Å². The van der Waals surface area contributed by atoms with Gasteiger partial charge >= 0.3 is 0 Å². The van der Waals surface area contributed by atoms with Gasteiger partial charge in [-0.1, -0.05) is 26.0 Å². The third-order valence-corrected chi connectivity index (χ3v) is 3.98. The number of ether oxygens (including phenoxy) is 2. The third-order valence-electron chi connectivity index (χ3n) is 3.98. The minimum Gasteiger partial charge on any atom is -0.497 e. The van der Waals surface area contributed by atoms with Gasteiger partial charge < -0.3 is 9.47 Å². The molecular formula is C16H22N2O3. The molecule has 0 aliphatic carbocycles. The SMILES string of the molecule is CCC1(CC)OC(=N[C@@H](C)c2ccc(OC)cc2)NC1=O. The summed E-state index contributed by atoms with van der Waals surface area (Å²) in [6, 6.07) is 7.90. The van der Waals surface area contributed by atoms with Crippen molar-refractivity contribution in [2.45, 2.75) is 45.3 Å². The summed E-state index contributed by atoms with van der Waals surface area (Å²) in [7, 11) is 1.63. The Labute approximate surface area is 125 Å². The van der Waals surface area contributed by atoms with Gasteiger partial charge in [-0.15, -0.1) is 0 Å². The molecular weight excluding hydrogens is 268 g/mol. The van der Waals surface area contributed by atoms with Crippen LogP contribution < -0.4 is 10.1 Å². The Balaban J connectivity index is 2.14. The summed E-state index contributed by atoms with van der Waals surface area (Å²) >= 11 is 0. The van der Waals surface area contributed by atoms with Gasteiger partial charge in [-0.05, 0) is 37.5 Å². The number of nitrogens with zero attached hydrogens (tertiary/aromatic N) is 1. The Kier molecular flexibility index (Phi) is 4.50. The van der Waals surface area contributed by atoms with Crippen LogP contribution in [0.3, 0.4) is 0 Å². The molecule has 1 aliphatic rings. The normalized spacial score (nSPS) is 20.0. The molecule has 1 aromatic carbocycles. The molecule has 0 aromatic heterocycles. The summed E-state index contributed by atoms with van der Waals surface area (Å²) in [5.41, 5.74) is 0.269. The average molecular weight is 290 g/mol. The Morgan fingerprint density at radius 1 is 1.29 bits per heavy atom. The Bertz CT molecular complexity index is 533. The molecule has 1 aliphatic heterocycles. The van der Waals surface area contributed by atoms with Crippen molar-refractivity contribution in [3.8, 4) is 5.75 Å². The molecule has 5 nitrogen and oxygen atoms in total. The van der Waals surface area contributed by atoms with Gasteiger partial charge in [0.15, 0.2) is 5.60 Å². The van der Waals surface area contributed by atoms with E-state index in [0.717, 1.165) is 11.3 Å². The van der Waals surface area contributed by atoms with Crippen molar-refractivity contribution in [1.82, 2.24) is 5.32 Å². The van der Waals surface area contributed by atoms with Crippen molar-refractivity contribution in [2.75, 3.05) is 7.11 Å². The van der Waals surface area contributed by atoms with Gasteiger partial charge in [0.25, 0.3) is 11.9 Å². The second-order valence-electron chi connectivity index (χ2n) is 5.14. The van der Waals surface area contributed by atoms with Crippen LogP contribution in [0.15, 0.2) is 29.3 Å². The molecule has 1 fully saturated rings. The molecule has 0 spiro atoms. The first-order valence-electron chi connectivity index (χ1n) is 7.27. The molecule has 0 radical (unpaired) electrons. The van der Waals surface area contributed by atoms with Crippen LogP contribution in [0.2, 0.25) is 0 Å². The number of hydrogen-bond acceptors (Lipinski definition) is 4. The van der Waals surface area contributed by atoms with E-state index in [1.807, 2.05) is 45.0 Å². The molecule has 0 bridgehead atoms. The highest BCUT2D eigenvalue weighted by molar-refractivity contribution is 6.04. The number of amidine groups is 1. The summed E-state index contributed by atoms with van der Waals surface area (Å²) in [5.74, 6) is 0.702. The number of amides is 1. The number of methoxy groups -OCH3 is 1. The van der Waals surface area contributed by atoms with Crippen LogP contribution in [0, 0.1) is 0 Å². The van der Waals surface area contributed by atoms with Crippen LogP contribution in [-0.4, -0.2) is 24.6 Å². The lowest BCUT2D eigenvalue weighted by atomic mass is 9.97. The molecule has 1 heterocycles. The molecule has 1 aromatic rings. The first-order chi connectivity index (χ1) is 10.0. The lowest BCUT2D eigenvalue weighted by Crippen LogP contribution is -2.37. The van der Waals surface area contributed by atoms with Gasteiger partial charge in [0, 0.05) is 0 Å². The number of rotatable bonds is 5. The van der Waals surface area contributed by atoms with Crippen LogP contribution in [0.5, 0.6) is 5.75 Å². The lowest BCUT2D eigenvalue weighted by molar-refractivity contribution is -0.131. The van der Waals surface area contributed by atoms with Crippen LogP contribution in [-0.2, 0) is 9.53 Å². The summed E-state index contributed by atoms with van der Waals surface area (Å²) < 4.78 is 10.9. The van der Waals surface area contributed by atoms with E-state index < -0.39 is 5.60 Å². The maximum absolute atomic E-state index is 12.0. The maximum Gasteiger partial charge on any atom is 0.293 e. The Hall–Kier alpha value is -2.04. The number of carbonyl (C=O) groups excluding carboxylic acids is 1. The van der Waals surface area contributed by atoms with Crippen LogP contribution in [0.25, 0.3) is 0 Å². The summed E-state index contributed by atoms with van der Waals surface area (Å²) in [6.45, 7) is 5.85. The molecule has 1 saturated heterocycles. The molecule has 1 amide bonds. The monoisotopic (exact) mass is 290 g/mol. The van der Waals surface area contributed by atoms with Crippen molar-refractivity contribution in [3.63, 3.8) is 0 Å². The van der Waals surface area contributed by atoms with E-state index in [2.05, 4.69) is 10.3 Å². The number of nitrogens with one attached hydrogen (secondary N) is 1. The third kappa shape index (κ3) is 3.01. The standard InChI is InChI=1S/C16H22N2O3/c1-5-16(6-2)14(19)18-15(21-16)17-11(3)12-7-9-13(20-4)10-8-12/h7-11H,5-6H2,1-4H3,(H,17,18,19)/t11-/m0/s1. The van der Waals surface area contributed by atoms with Crippen LogP contribution in [0.4, 0.5) is 0 Å². The molecule has 5 heteroatoms. The fourth-order valence-corrected chi connectivity index (χ4v) is 2.37. The number of benzene rings is 1. The van der Waals surface area contributed by atoms with Gasteiger partial charge in [0.2, 0.25) is 0 Å². The Morgan fingerprint density at radius 2 is 1.90 bits per heavy atom. The van der Waals surface area contributed by atoms with Crippen molar-refractivity contribution in [3.05, 3.63) is 29.8 Å². The molecule has 2 rings (SSSR count). The van der Waals surface area contributed by atoms with E-state index in [0.29, 0.717) is 18.9 Å². The van der Waals surface area contributed by atoms with E-state index in [9.17, 15) is 4.79 Å². The van der Waals surface area contributed by atoms with E-state index in [-0.39, 0.29) is 11.9 Å². The predicted octanol–water partition coefficient (Wildman–Crippen LogP) is 2.82. The second kappa shape index (κ2) is 6.16. The second-order valence-corrected chi connectivity index (χ2v) is 5.14. The fourth-order valence-electron chi connectivity index (χ4n) is 2.37. The maximum atomic E-state index is 12.0. The first kappa shape index (κ1) is 15.4. The van der Waals surface area contributed by atoms with Gasteiger partial charge in [-0.3, -0.25) is 10.1 Å². The minimum absolute atomic E-state index is 0.101. The van der Waals surface area contributed by atoms with Gasteiger partial charge in [-0.2, -0.15) is 0 Å². The number of carbonyl (C=O) groups is 1. The van der Waals surface area contributed by atoms with Crippen molar-refractivity contribution >= 4 is 11.9 Å². The number of hydrogen-bond donors (Lipinski definition) is 1. The zero-order valence-electron chi connectivity index (χ0n) is 13.0. The largest absolute Gasteiger partial charge is 0.497 e. The summed E-state index contributed by atoms with van der Waals surface area (Å²) in [5, 5.41) is 2.73. The van der Waals surface area contributed by atoms with Gasteiger partial charge in [0.1, 0.15) is 5.75 Å². The fraction of sp³-hybridized carbons (Fsp3) is 0.500.